The number of amides is 1. The summed E-state index contributed by atoms with van der Waals surface area (Å²) < 4.78 is 5.62. The first-order valence-electron chi connectivity index (χ1n) is 7.47. The lowest BCUT2D eigenvalue weighted by Crippen LogP contribution is -2.21. The number of rotatable bonds is 8. The maximum atomic E-state index is 12.4. The molecule has 0 aromatic heterocycles. The Morgan fingerprint density at radius 2 is 1.64 bits per heavy atom. The Labute approximate surface area is 143 Å². The van der Waals surface area contributed by atoms with Crippen molar-refractivity contribution in [3.63, 3.8) is 0 Å². The Balaban J connectivity index is 2.12. The second kappa shape index (κ2) is 8.39. The summed E-state index contributed by atoms with van der Waals surface area (Å²) in [4.78, 5) is 33.6. The molecule has 2 aromatic rings. The summed E-state index contributed by atoms with van der Waals surface area (Å²) in [5, 5.41) is 10.3. The predicted molar refractivity (Wildman–Crippen MR) is 91.0 cm³/mol. The Hall–Kier alpha value is -3.48. The minimum absolute atomic E-state index is 0.0494. The predicted octanol–water partition coefficient (Wildman–Crippen LogP) is 2.74. The van der Waals surface area contributed by atoms with Gasteiger partial charge in [-0.25, -0.2) is 0 Å². The largest absolute Gasteiger partial charge is 0.457 e. The molecule has 2 N–H and O–H groups in total. The zero-order valence-corrected chi connectivity index (χ0v) is 13.3. The summed E-state index contributed by atoms with van der Waals surface area (Å²) >= 11 is 0. The minimum atomic E-state index is -0.919. The SMILES string of the molecule is NC(=O)C(=CCC[N+](=O)[O-])C(=O)c1ccc(Oc2ccccc2)cc1. The molecule has 7 nitrogen and oxygen atoms in total. The van der Waals surface area contributed by atoms with E-state index in [1.54, 1.807) is 24.3 Å². The van der Waals surface area contributed by atoms with Gasteiger partial charge in [0.05, 0.1) is 5.57 Å². The van der Waals surface area contributed by atoms with E-state index in [-0.39, 0.29) is 24.1 Å². The van der Waals surface area contributed by atoms with Crippen LogP contribution in [0.15, 0.2) is 66.2 Å². The van der Waals surface area contributed by atoms with Gasteiger partial charge in [0.25, 0.3) is 5.91 Å². The molecule has 128 valence electrons. The number of hydrogen-bond donors (Lipinski definition) is 1. The van der Waals surface area contributed by atoms with Crippen LogP contribution < -0.4 is 10.5 Å². The van der Waals surface area contributed by atoms with Crippen LogP contribution in [-0.4, -0.2) is 23.2 Å². The summed E-state index contributed by atoms with van der Waals surface area (Å²) in [6, 6.07) is 15.3. The zero-order valence-electron chi connectivity index (χ0n) is 13.3. The van der Waals surface area contributed by atoms with Crippen LogP contribution in [0.3, 0.4) is 0 Å². The fraction of sp³-hybridized carbons (Fsp3) is 0.111. The van der Waals surface area contributed by atoms with Gasteiger partial charge in [-0.15, -0.1) is 0 Å². The number of carbonyl (C=O) groups excluding carboxylic acids is 2. The number of benzene rings is 2. The summed E-state index contributed by atoms with van der Waals surface area (Å²) in [5.74, 6) is -0.320. The van der Waals surface area contributed by atoms with Crippen molar-refractivity contribution in [1.82, 2.24) is 0 Å². The van der Waals surface area contributed by atoms with Crippen LogP contribution >= 0.6 is 0 Å². The van der Waals surface area contributed by atoms with E-state index in [1.807, 2.05) is 18.2 Å². The Morgan fingerprint density at radius 1 is 1.04 bits per heavy atom. The molecule has 1 amide bonds. The lowest BCUT2D eigenvalue weighted by atomic mass is 10.0. The topological polar surface area (TPSA) is 113 Å². The van der Waals surface area contributed by atoms with Crippen LogP contribution in [0, 0.1) is 10.1 Å². The third-order valence-corrected chi connectivity index (χ3v) is 3.27. The number of hydrogen-bond acceptors (Lipinski definition) is 5. The van der Waals surface area contributed by atoms with E-state index in [9.17, 15) is 19.7 Å². The van der Waals surface area contributed by atoms with E-state index in [0.29, 0.717) is 11.5 Å². The molecule has 0 saturated heterocycles. The molecule has 25 heavy (non-hydrogen) atoms. The standard InChI is InChI=1S/C18H16N2O5/c19-18(22)16(7-4-12-20(23)24)17(21)13-8-10-15(11-9-13)25-14-5-2-1-3-6-14/h1-3,5-11H,4,12H2,(H2,19,22). The number of nitrogens with two attached hydrogens (primary N) is 1. The monoisotopic (exact) mass is 340 g/mol. The van der Waals surface area contributed by atoms with Crippen LogP contribution in [0.25, 0.3) is 0 Å². The third-order valence-electron chi connectivity index (χ3n) is 3.27. The molecule has 0 aliphatic rings. The number of nitro groups is 1. The molecule has 0 aliphatic carbocycles. The van der Waals surface area contributed by atoms with Crippen LogP contribution in [-0.2, 0) is 4.79 Å². The molecule has 0 unspecified atom stereocenters. The molecule has 0 aliphatic heterocycles. The van der Waals surface area contributed by atoms with Gasteiger partial charge in [-0.3, -0.25) is 19.7 Å². The van der Waals surface area contributed by atoms with Crippen LogP contribution in [0.5, 0.6) is 11.5 Å². The molecule has 0 spiro atoms. The second-order valence-electron chi connectivity index (χ2n) is 5.10. The second-order valence-corrected chi connectivity index (χ2v) is 5.10. The van der Waals surface area contributed by atoms with Gasteiger partial charge < -0.3 is 10.5 Å². The number of nitrogens with zero attached hydrogens (tertiary/aromatic N) is 1. The Kier molecular flexibility index (Phi) is 6.00. The molecule has 0 fully saturated rings. The zero-order chi connectivity index (χ0) is 18.2. The molecule has 0 radical (unpaired) electrons. The number of carbonyl (C=O) groups is 2. The highest BCUT2D eigenvalue weighted by atomic mass is 16.6. The van der Waals surface area contributed by atoms with Gasteiger partial charge in [0.15, 0.2) is 5.78 Å². The van der Waals surface area contributed by atoms with E-state index in [4.69, 9.17) is 10.5 Å². The summed E-state index contributed by atoms with van der Waals surface area (Å²) in [5.41, 5.74) is 5.18. The average Bonchev–Trinajstić information content (AvgIpc) is 2.59. The first-order chi connectivity index (χ1) is 12.0. The number of ether oxygens (including phenoxy) is 1. The van der Waals surface area contributed by atoms with Crippen molar-refractivity contribution in [2.75, 3.05) is 6.54 Å². The van der Waals surface area contributed by atoms with Gasteiger partial charge >= 0.3 is 0 Å². The smallest absolute Gasteiger partial charge is 0.252 e. The molecule has 0 heterocycles. The lowest BCUT2D eigenvalue weighted by molar-refractivity contribution is -0.478. The Bertz CT molecular complexity index is 798. The van der Waals surface area contributed by atoms with Crippen LogP contribution in [0.1, 0.15) is 16.8 Å². The molecule has 0 bridgehead atoms. The fourth-order valence-electron chi connectivity index (χ4n) is 2.07. The van der Waals surface area contributed by atoms with E-state index in [1.165, 1.54) is 18.2 Å². The third kappa shape index (κ3) is 5.28. The van der Waals surface area contributed by atoms with Crippen molar-refractivity contribution in [3.05, 3.63) is 81.9 Å². The molecule has 2 rings (SSSR count). The molecular formula is C18H16N2O5. The molecular weight excluding hydrogens is 324 g/mol. The van der Waals surface area contributed by atoms with E-state index in [2.05, 4.69) is 0 Å². The van der Waals surface area contributed by atoms with E-state index < -0.39 is 16.6 Å². The van der Waals surface area contributed by atoms with Gasteiger partial charge in [0.2, 0.25) is 6.54 Å². The molecule has 7 heteroatoms. The van der Waals surface area contributed by atoms with Crippen molar-refractivity contribution in [2.24, 2.45) is 5.73 Å². The summed E-state index contributed by atoms with van der Waals surface area (Å²) in [6.07, 6.45) is 1.15. The van der Waals surface area contributed by atoms with Crippen molar-refractivity contribution in [2.45, 2.75) is 6.42 Å². The van der Waals surface area contributed by atoms with E-state index in [0.717, 1.165) is 0 Å². The van der Waals surface area contributed by atoms with Crippen molar-refractivity contribution >= 4 is 11.7 Å². The maximum Gasteiger partial charge on any atom is 0.252 e. The Morgan fingerprint density at radius 3 is 2.20 bits per heavy atom. The van der Waals surface area contributed by atoms with Gasteiger partial charge in [-0.2, -0.15) is 0 Å². The van der Waals surface area contributed by atoms with E-state index >= 15 is 0 Å². The maximum absolute atomic E-state index is 12.4. The first kappa shape index (κ1) is 17.9. The number of ketones is 1. The van der Waals surface area contributed by atoms with Gasteiger partial charge in [-0.05, 0) is 36.4 Å². The highest BCUT2D eigenvalue weighted by molar-refractivity contribution is 6.25. The highest BCUT2D eigenvalue weighted by Crippen LogP contribution is 2.22. The molecule has 0 atom stereocenters. The van der Waals surface area contributed by atoms with Gasteiger partial charge in [0, 0.05) is 16.9 Å². The van der Waals surface area contributed by atoms with Crippen LogP contribution in [0.2, 0.25) is 0 Å². The van der Waals surface area contributed by atoms with Crippen molar-refractivity contribution in [3.8, 4) is 11.5 Å². The van der Waals surface area contributed by atoms with Gasteiger partial charge in [-0.1, -0.05) is 24.3 Å². The quantitative estimate of drug-likeness (QED) is 0.198. The number of primary amides is 1. The fourth-order valence-corrected chi connectivity index (χ4v) is 2.07. The highest BCUT2D eigenvalue weighted by Gasteiger charge is 2.17. The average molecular weight is 340 g/mol. The normalized spacial score (nSPS) is 11.0. The summed E-state index contributed by atoms with van der Waals surface area (Å²) in [6.45, 7) is -0.381. The minimum Gasteiger partial charge on any atom is -0.457 e. The lowest BCUT2D eigenvalue weighted by Gasteiger charge is -2.07. The van der Waals surface area contributed by atoms with Crippen molar-refractivity contribution < 1.29 is 19.2 Å². The van der Waals surface area contributed by atoms with Crippen molar-refractivity contribution in [1.29, 1.82) is 0 Å². The summed E-state index contributed by atoms with van der Waals surface area (Å²) in [7, 11) is 0. The molecule has 0 saturated carbocycles. The molecule has 2 aromatic carbocycles. The number of Topliss-reactive ketones (excluding diaryl/α,β-unsaturated/α-hetero) is 1. The number of para-hydroxylation sites is 1. The first-order valence-corrected chi connectivity index (χ1v) is 7.47. The van der Waals surface area contributed by atoms with Crippen LogP contribution in [0.4, 0.5) is 0 Å². The van der Waals surface area contributed by atoms with Gasteiger partial charge in [0.1, 0.15) is 11.5 Å².